The van der Waals surface area contributed by atoms with Crippen LogP contribution in [0.25, 0.3) is 0 Å². The predicted octanol–water partition coefficient (Wildman–Crippen LogP) is 3.53. The highest BCUT2D eigenvalue weighted by atomic mass is 35.5. The summed E-state index contributed by atoms with van der Waals surface area (Å²) in [7, 11) is 0. The summed E-state index contributed by atoms with van der Waals surface area (Å²) in [5, 5.41) is 0.745. The Hall–Kier alpha value is -1.61. The van der Waals surface area contributed by atoms with E-state index in [1.807, 2.05) is 18.2 Å². The highest BCUT2D eigenvalue weighted by Crippen LogP contribution is 2.40. The second-order valence-corrected chi connectivity index (χ2v) is 5.00. The largest absolute Gasteiger partial charge is 0.397 e. The van der Waals surface area contributed by atoms with Crippen LogP contribution in [0.1, 0.15) is 29.2 Å². The van der Waals surface area contributed by atoms with Crippen LogP contribution < -0.4 is 5.73 Å². The maximum absolute atomic E-state index is 13.0. The molecule has 1 heterocycles. The average Bonchev–Trinajstić information content (AvgIpc) is 2.72. The molecule has 1 aromatic carbocycles. The number of aromatic nitrogens is 1. The van der Waals surface area contributed by atoms with E-state index in [4.69, 9.17) is 17.3 Å². The molecule has 0 amide bonds. The van der Waals surface area contributed by atoms with Gasteiger partial charge in [-0.15, -0.1) is 0 Å². The molecule has 0 bridgehead atoms. The van der Waals surface area contributed by atoms with Crippen LogP contribution in [0.4, 0.5) is 10.1 Å². The molecule has 18 heavy (non-hydrogen) atoms. The number of halogens is 2. The van der Waals surface area contributed by atoms with Gasteiger partial charge < -0.3 is 5.73 Å². The number of fused-ring (bicyclic) bond motifs is 1. The maximum Gasteiger partial charge on any atom is 0.143 e. The monoisotopic (exact) mass is 262 g/mol. The van der Waals surface area contributed by atoms with Crippen LogP contribution in [-0.4, -0.2) is 4.98 Å². The smallest absolute Gasteiger partial charge is 0.143 e. The van der Waals surface area contributed by atoms with Gasteiger partial charge in [0, 0.05) is 17.0 Å². The number of aryl methyl sites for hydroxylation is 1. The van der Waals surface area contributed by atoms with E-state index in [2.05, 4.69) is 4.98 Å². The lowest BCUT2D eigenvalue weighted by Crippen LogP contribution is -2.05. The summed E-state index contributed by atoms with van der Waals surface area (Å²) in [4.78, 5) is 4.15. The van der Waals surface area contributed by atoms with E-state index in [9.17, 15) is 4.39 Å². The minimum Gasteiger partial charge on any atom is -0.397 e. The molecule has 0 spiro atoms. The van der Waals surface area contributed by atoms with Crippen molar-refractivity contribution in [3.05, 3.63) is 58.1 Å². The Balaban J connectivity index is 2.06. The highest BCUT2D eigenvalue weighted by Gasteiger charge is 2.26. The highest BCUT2D eigenvalue weighted by molar-refractivity contribution is 6.30. The lowest BCUT2D eigenvalue weighted by Gasteiger charge is -2.13. The van der Waals surface area contributed by atoms with Gasteiger partial charge >= 0.3 is 0 Å². The zero-order chi connectivity index (χ0) is 12.7. The Morgan fingerprint density at radius 2 is 2.17 bits per heavy atom. The molecule has 2 aromatic rings. The van der Waals surface area contributed by atoms with E-state index in [1.54, 1.807) is 0 Å². The van der Waals surface area contributed by atoms with E-state index in [0.29, 0.717) is 5.69 Å². The van der Waals surface area contributed by atoms with Crippen LogP contribution >= 0.6 is 11.6 Å². The summed E-state index contributed by atoms with van der Waals surface area (Å²) in [6.45, 7) is 0. The van der Waals surface area contributed by atoms with Gasteiger partial charge in [-0.2, -0.15) is 0 Å². The first-order valence-corrected chi connectivity index (χ1v) is 6.22. The molecule has 1 aromatic heterocycles. The molecule has 1 aliphatic rings. The van der Waals surface area contributed by atoms with E-state index in [1.165, 1.54) is 23.4 Å². The molecule has 1 unspecified atom stereocenters. The number of hydrogen-bond donors (Lipinski definition) is 1. The second-order valence-electron chi connectivity index (χ2n) is 4.56. The fourth-order valence-corrected chi connectivity index (χ4v) is 2.82. The standard InChI is InChI=1S/C14H12ClFN2/c15-9-2-4-11-8(5-9)1-3-12(11)14-13(17)6-10(16)7-18-14/h2,4-7,12H,1,3,17H2. The summed E-state index contributed by atoms with van der Waals surface area (Å²) in [6, 6.07) is 7.20. The third kappa shape index (κ3) is 1.85. The quantitative estimate of drug-likeness (QED) is 0.854. The van der Waals surface area contributed by atoms with Crippen LogP contribution in [0, 0.1) is 5.82 Å². The third-order valence-corrected chi connectivity index (χ3v) is 3.66. The van der Waals surface area contributed by atoms with Crippen molar-refractivity contribution in [3.8, 4) is 0 Å². The number of nitrogen functional groups attached to an aromatic ring is 1. The Morgan fingerprint density at radius 3 is 2.94 bits per heavy atom. The van der Waals surface area contributed by atoms with Crippen molar-refractivity contribution in [2.75, 3.05) is 5.73 Å². The van der Waals surface area contributed by atoms with E-state index in [-0.39, 0.29) is 5.92 Å². The van der Waals surface area contributed by atoms with Crippen molar-refractivity contribution in [1.82, 2.24) is 4.98 Å². The zero-order valence-electron chi connectivity index (χ0n) is 9.66. The molecule has 3 rings (SSSR count). The first-order chi connectivity index (χ1) is 8.65. The molecule has 92 valence electrons. The molecule has 2 N–H and O–H groups in total. The van der Waals surface area contributed by atoms with E-state index < -0.39 is 5.82 Å². The normalized spacial score (nSPS) is 17.8. The summed E-state index contributed by atoms with van der Waals surface area (Å²) in [5.74, 6) is -0.247. The number of hydrogen-bond acceptors (Lipinski definition) is 2. The van der Waals surface area contributed by atoms with Crippen LogP contribution in [0.5, 0.6) is 0 Å². The van der Waals surface area contributed by atoms with Gasteiger partial charge in [-0.3, -0.25) is 4.98 Å². The van der Waals surface area contributed by atoms with Crippen LogP contribution in [0.2, 0.25) is 5.02 Å². The van der Waals surface area contributed by atoms with Crippen LogP contribution in [-0.2, 0) is 6.42 Å². The Kier molecular flexibility index (Phi) is 2.71. The van der Waals surface area contributed by atoms with Gasteiger partial charge in [0.1, 0.15) is 5.82 Å². The Morgan fingerprint density at radius 1 is 1.33 bits per heavy atom. The summed E-state index contributed by atoms with van der Waals surface area (Å²) >= 11 is 5.98. The van der Waals surface area contributed by atoms with Crippen molar-refractivity contribution < 1.29 is 4.39 Å². The summed E-state index contributed by atoms with van der Waals surface area (Å²) in [5.41, 5.74) is 9.47. The average molecular weight is 263 g/mol. The van der Waals surface area contributed by atoms with Crippen molar-refractivity contribution in [2.45, 2.75) is 18.8 Å². The molecule has 0 saturated heterocycles. The van der Waals surface area contributed by atoms with Crippen molar-refractivity contribution >= 4 is 17.3 Å². The molecule has 4 heteroatoms. The van der Waals surface area contributed by atoms with Gasteiger partial charge in [-0.25, -0.2) is 4.39 Å². The van der Waals surface area contributed by atoms with E-state index >= 15 is 0 Å². The number of nitrogens with two attached hydrogens (primary N) is 1. The second kappa shape index (κ2) is 4.25. The molecule has 0 aliphatic heterocycles. The van der Waals surface area contributed by atoms with Gasteiger partial charge in [-0.05, 0) is 36.1 Å². The van der Waals surface area contributed by atoms with E-state index in [0.717, 1.165) is 23.6 Å². The summed E-state index contributed by atoms with van der Waals surface area (Å²) < 4.78 is 13.0. The molecular weight excluding hydrogens is 251 g/mol. The van der Waals surface area contributed by atoms with Crippen LogP contribution in [0.3, 0.4) is 0 Å². The predicted molar refractivity (Wildman–Crippen MR) is 70.2 cm³/mol. The van der Waals surface area contributed by atoms with Crippen molar-refractivity contribution in [1.29, 1.82) is 0 Å². The maximum atomic E-state index is 13.0. The first-order valence-electron chi connectivity index (χ1n) is 5.84. The molecular formula is C14H12ClFN2. The van der Waals surface area contributed by atoms with Gasteiger partial charge in [0.2, 0.25) is 0 Å². The Bertz CT molecular complexity index is 613. The molecule has 0 fully saturated rings. The number of pyridine rings is 1. The lowest BCUT2D eigenvalue weighted by atomic mass is 9.96. The summed E-state index contributed by atoms with van der Waals surface area (Å²) in [6.07, 6.45) is 3.12. The van der Waals surface area contributed by atoms with Gasteiger partial charge in [0.25, 0.3) is 0 Å². The molecule has 1 atom stereocenters. The van der Waals surface area contributed by atoms with Gasteiger partial charge in [0.15, 0.2) is 0 Å². The molecule has 1 aliphatic carbocycles. The van der Waals surface area contributed by atoms with Crippen LogP contribution in [0.15, 0.2) is 30.5 Å². The number of anilines is 1. The minimum absolute atomic E-state index is 0.151. The third-order valence-electron chi connectivity index (χ3n) is 3.43. The lowest BCUT2D eigenvalue weighted by molar-refractivity contribution is 0.617. The van der Waals surface area contributed by atoms with Gasteiger partial charge in [0.05, 0.1) is 17.6 Å². The van der Waals surface area contributed by atoms with Crippen molar-refractivity contribution in [3.63, 3.8) is 0 Å². The SMILES string of the molecule is Nc1cc(F)cnc1C1CCc2cc(Cl)ccc21. The number of benzene rings is 1. The first kappa shape index (κ1) is 11.5. The molecule has 0 radical (unpaired) electrons. The fourth-order valence-electron chi connectivity index (χ4n) is 2.63. The number of nitrogens with zero attached hydrogens (tertiary/aromatic N) is 1. The topological polar surface area (TPSA) is 38.9 Å². The molecule has 0 saturated carbocycles. The number of rotatable bonds is 1. The fraction of sp³-hybridized carbons (Fsp3) is 0.214. The van der Waals surface area contributed by atoms with Gasteiger partial charge in [-0.1, -0.05) is 17.7 Å². The zero-order valence-corrected chi connectivity index (χ0v) is 10.4. The Labute approximate surface area is 110 Å². The minimum atomic E-state index is -0.398. The molecule has 2 nitrogen and oxygen atoms in total. The van der Waals surface area contributed by atoms with Crippen molar-refractivity contribution in [2.24, 2.45) is 0 Å².